The lowest BCUT2D eigenvalue weighted by Gasteiger charge is -2.32. The minimum atomic E-state index is 0.0298. The SMILES string of the molecule is CC(=O)c1cccc(C[N+](C)(C(=O)Cc2ccccc2)c2cccc(C)c2)c1. The fourth-order valence-corrected chi connectivity index (χ4v) is 3.46. The Balaban J connectivity index is 2.00. The molecule has 0 saturated heterocycles. The summed E-state index contributed by atoms with van der Waals surface area (Å²) in [5.41, 5.74) is 4.71. The molecule has 3 heteroatoms. The van der Waals surface area contributed by atoms with Crippen LogP contribution in [0.2, 0.25) is 0 Å². The maximum atomic E-state index is 13.5. The van der Waals surface area contributed by atoms with E-state index >= 15 is 0 Å². The van der Waals surface area contributed by atoms with E-state index in [4.69, 9.17) is 0 Å². The summed E-state index contributed by atoms with van der Waals surface area (Å²) in [6.45, 7) is 4.09. The van der Waals surface area contributed by atoms with Crippen LogP contribution in [-0.2, 0) is 17.8 Å². The number of quaternary nitrogens is 1. The van der Waals surface area contributed by atoms with E-state index in [0.29, 0.717) is 18.5 Å². The largest absolute Gasteiger partial charge is 0.323 e. The zero-order valence-corrected chi connectivity index (χ0v) is 16.7. The maximum Gasteiger partial charge on any atom is 0.323 e. The lowest BCUT2D eigenvalue weighted by molar-refractivity contribution is -0.129. The highest BCUT2D eigenvalue weighted by molar-refractivity contribution is 5.94. The predicted molar refractivity (Wildman–Crippen MR) is 114 cm³/mol. The molecule has 0 heterocycles. The van der Waals surface area contributed by atoms with E-state index in [9.17, 15) is 9.59 Å². The number of hydrogen-bond acceptors (Lipinski definition) is 2. The molecule has 0 aliphatic rings. The van der Waals surface area contributed by atoms with E-state index in [0.717, 1.165) is 22.4 Å². The van der Waals surface area contributed by atoms with Crippen molar-refractivity contribution in [3.05, 3.63) is 101 Å². The zero-order valence-electron chi connectivity index (χ0n) is 16.7. The minimum absolute atomic E-state index is 0.0298. The molecular formula is C25H26NO2+. The van der Waals surface area contributed by atoms with Gasteiger partial charge in [0.2, 0.25) is 0 Å². The second-order valence-corrected chi connectivity index (χ2v) is 7.50. The van der Waals surface area contributed by atoms with Gasteiger partial charge in [-0.05, 0) is 37.1 Å². The Bertz CT molecular complexity index is 994. The van der Waals surface area contributed by atoms with Gasteiger partial charge in [0.15, 0.2) is 5.78 Å². The highest BCUT2D eigenvalue weighted by Crippen LogP contribution is 2.27. The van der Waals surface area contributed by atoms with Crippen molar-refractivity contribution in [2.24, 2.45) is 0 Å². The molecule has 3 aromatic rings. The number of carbonyl (C=O) groups is 2. The highest BCUT2D eigenvalue weighted by Gasteiger charge is 2.34. The summed E-state index contributed by atoms with van der Waals surface area (Å²) in [6.07, 6.45) is 0.359. The first-order chi connectivity index (χ1) is 13.4. The minimum Gasteiger partial charge on any atom is -0.295 e. The van der Waals surface area contributed by atoms with E-state index in [1.54, 1.807) is 6.92 Å². The summed E-state index contributed by atoms with van der Waals surface area (Å²) in [4.78, 5) is 25.3. The molecule has 0 aliphatic heterocycles. The molecule has 28 heavy (non-hydrogen) atoms. The Morgan fingerprint density at radius 3 is 2.18 bits per heavy atom. The van der Waals surface area contributed by atoms with Gasteiger partial charge in [-0.1, -0.05) is 60.7 Å². The Morgan fingerprint density at radius 1 is 0.821 bits per heavy atom. The average molecular weight is 372 g/mol. The third-order valence-electron chi connectivity index (χ3n) is 5.15. The molecule has 0 aromatic heterocycles. The summed E-state index contributed by atoms with van der Waals surface area (Å²) in [5, 5.41) is 0. The van der Waals surface area contributed by atoms with Gasteiger partial charge in [-0.2, -0.15) is 0 Å². The molecular weight excluding hydrogens is 346 g/mol. The molecule has 142 valence electrons. The van der Waals surface area contributed by atoms with Crippen LogP contribution < -0.4 is 4.48 Å². The van der Waals surface area contributed by atoms with Gasteiger partial charge in [0, 0.05) is 17.2 Å². The topological polar surface area (TPSA) is 34.1 Å². The van der Waals surface area contributed by atoms with Gasteiger partial charge >= 0.3 is 5.91 Å². The van der Waals surface area contributed by atoms with E-state index < -0.39 is 0 Å². The van der Waals surface area contributed by atoms with E-state index in [2.05, 4.69) is 6.07 Å². The van der Waals surface area contributed by atoms with Crippen molar-refractivity contribution in [2.75, 3.05) is 7.05 Å². The van der Waals surface area contributed by atoms with Gasteiger partial charge in [0.05, 0.1) is 13.5 Å². The first kappa shape index (κ1) is 19.7. The van der Waals surface area contributed by atoms with Gasteiger partial charge in [-0.15, -0.1) is 0 Å². The van der Waals surface area contributed by atoms with Crippen LogP contribution in [0.5, 0.6) is 0 Å². The van der Waals surface area contributed by atoms with Crippen LogP contribution >= 0.6 is 0 Å². The zero-order chi connectivity index (χ0) is 20.1. The van der Waals surface area contributed by atoms with Crippen LogP contribution in [0.4, 0.5) is 5.69 Å². The van der Waals surface area contributed by atoms with Gasteiger partial charge in [-0.25, -0.2) is 9.28 Å². The van der Waals surface area contributed by atoms with Crippen LogP contribution in [0.25, 0.3) is 0 Å². The van der Waals surface area contributed by atoms with Crippen LogP contribution in [0.3, 0.4) is 0 Å². The third kappa shape index (κ3) is 4.44. The molecule has 0 aliphatic carbocycles. The number of benzene rings is 3. The predicted octanol–water partition coefficient (Wildman–Crippen LogP) is 5.10. The Kier molecular flexibility index (Phi) is 5.86. The van der Waals surface area contributed by atoms with Crippen molar-refractivity contribution in [3.63, 3.8) is 0 Å². The van der Waals surface area contributed by atoms with Crippen LogP contribution in [0, 0.1) is 6.92 Å². The molecule has 0 spiro atoms. The smallest absolute Gasteiger partial charge is 0.295 e. The standard InChI is InChI=1S/C25H26NO2/c1-19-9-7-14-24(15-19)26(3,25(28)17-21-10-5-4-6-11-21)18-22-12-8-13-23(16-22)20(2)27/h4-16H,17-18H2,1-3H3/q+1. The van der Waals surface area contributed by atoms with E-state index in [-0.39, 0.29) is 16.2 Å². The summed E-state index contributed by atoms with van der Waals surface area (Å²) < 4.78 is 0.151. The van der Waals surface area contributed by atoms with Crippen molar-refractivity contribution < 1.29 is 9.59 Å². The summed E-state index contributed by atoms with van der Waals surface area (Å²) in [6, 6.07) is 25.5. The first-order valence-electron chi connectivity index (χ1n) is 9.48. The summed E-state index contributed by atoms with van der Waals surface area (Å²) in [7, 11) is 1.96. The van der Waals surface area contributed by atoms with E-state index in [1.165, 1.54) is 0 Å². The number of amides is 1. The number of Topliss-reactive ketones (excluding diaryl/α,β-unsaturated/α-hetero) is 1. The molecule has 3 aromatic carbocycles. The molecule has 1 unspecified atom stereocenters. The number of hydrogen-bond donors (Lipinski definition) is 0. The molecule has 1 amide bonds. The van der Waals surface area contributed by atoms with Gasteiger partial charge in [0.1, 0.15) is 12.2 Å². The number of rotatable bonds is 6. The van der Waals surface area contributed by atoms with Crippen molar-refractivity contribution in [3.8, 4) is 0 Å². The second-order valence-electron chi connectivity index (χ2n) is 7.50. The van der Waals surface area contributed by atoms with Crippen molar-refractivity contribution in [1.82, 2.24) is 4.48 Å². The molecule has 0 radical (unpaired) electrons. The van der Waals surface area contributed by atoms with Crippen LogP contribution in [0.15, 0.2) is 78.9 Å². The van der Waals surface area contributed by atoms with Crippen molar-refractivity contribution in [2.45, 2.75) is 26.8 Å². The number of aryl methyl sites for hydroxylation is 1. The maximum absolute atomic E-state index is 13.5. The van der Waals surface area contributed by atoms with Gasteiger partial charge < -0.3 is 0 Å². The number of carbonyl (C=O) groups excluding carboxylic acids is 2. The molecule has 3 rings (SSSR count). The van der Waals surface area contributed by atoms with Gasteiger partial charge in [0.25, 0.3) is 0 Å². The average Bonchev–Trinajstić information content (AvgIpc) is 2.69. The normalized spacial score (nSPS) is 13.0. The van der Waals surface area contributed by atoms with Crippen molar-refractivity contribution in [1.29, 1.82) is 0 Å². The summed E-state index contributed by atoms with van der Waals surface area (Å²) >= 11 is 0. The molecule has 1 atom stereocenters. The fraction of sp³-hybridized carbons (Fsp3) is 0.200. The van der Waals surface area contributed by atoms with Crippen LogP contribution in [0.1, 0.15) is 34.0 Å². The lowest BCUT2D eigenvalue weighted by Crippen LogP contribution is -2.50. The highest BCUT2D eigenvalue weighted by atomic mass is 16.2. The fourth-order valence-electron chi connectivity index (χ4n) is 3.46. The third-order valence-corrected chi connectivity index (χ3v) is 5.15. The molecule has 0 fully saturated rings. The number of nitrogens with zero attached hydrogens (tertiary/aromatic N) is 1. The first-order valence-corrected chi connectivity index (χ1v) is 9.48. The lowest BCUT2D eigenvalue weighted by atomic mass is 10.0. The Labute approximate surface area is 166 Å². The second kappa shape index (κ2) is 8.32. The van der Waals surface area contributed by atoms with Crippen molar-refractivity contribution >= 4 is 17.4 Å². The number of ketones is 1. The molecule has 0 N–H and O–H groups in total. The Hall–Kier alpha value is -3.04. The molecule has 0 bridgehead atoms. The molecule has 0 saturated carbocycles. The van der Waals surface area contributed by atoms with E-state index in [1.807, 2.05) is 86.8 Å². The number of likely N-dealkylation sites (N-methyl/N-ethyl adjacent to an activating group) is 1. The van der Waals surface area contributed by atoms with Gasteiger partial charge in [-0.3, -0.25) is 4.79 Å². The summed E-state index contributed by atoms with van der Waals surface area (Å²) in [5.74, 6) is 0.146. The van der Waals surface area contributed by atoms with Crippen LogP contribution in [-0.4, -0.2) is 18.7 Å². The quantitative estimate of drug-likeness (QED) is 0.445. The monoisotopic (exact) mass is 372 g/mol. The Morgan fingerprint density at radius 2 is 1.50 bits per heavy atom. The molecule has 3 nitrogen and oxygen atoms in total.